The fourth-order valence-electron chi connectivity index (χ4n) is 1.33. The number of pyridine rings is 1. The minimum Gasteiger partial charge on any atom is -0.298 e. The zero-order valence-corrected chi connectivity index (χ0v) is 7.69. The first-order chi connectivity index (χ1) is 6.83. The molecule has 0 fully saturated rings. The van der Waals surface area contributed by atoms with Crippen LogP contribution in [-0.4, -0.2) is 21.5 Å². The normalized spacial score (nSPS) is 10.1. The standard InChI is InChI=1S/C10H9N3O/c1-7-2-3-11-5-9(7)10-8(6-14)4-12-13-10/h2-6H,1H3,(H,12,13). The third-order valence-electron chi connectivity index (χ3n) is 2.10. The second kappa shape index (κ2) is 3.41. The smallest absolute Gasteiger partial charge is 0.153 e. The van der Waals surface area contributed by atoms with Crippen molar-refractivity contribution in [2.45, 2.75) is 6.92 Å². The van der Waals surface area contributed by atoms with Gasteiger partial charge in [0.15, 0.2) is 6.29 Å². The number of H-pyrrole nitrogens is 1. The summed E-state index contributed by atoms with van der Waals surface area (Å²) < 4.78 is 0. The van der Waals surface area contributed by atoms with Crippen LogP contribution in [0.25, 0.3) is 11.3 Å². The van der Waals surface area contributed by atoms with Crippen LogP contribution in [0, 0.1) is 6.92 Å². The average Bonchev–Trinajstić information content (AvgIpc) is 2.66. The zero-order chi connectivity index (χ0) is 9.97. The van der Waals surface area contributed by atoms with Crippen LogP contribution in [0.2, 0.25) is 0 Å². The Hall–Kier alpha value is -1.97. The molecule has 0 aliphatic heterocycles. The van der Waals surface area contributed by atoms with Gasteiger partial charge in [0.2, 0.25) is 0 Å². The van der Waals surface area contributed by atoms with E-state index >= 15 is 0 Å². The van der Waals surface area contributed by atoms with E-state index < -0.39 is 0 Å². The molecule has 0 amide bonds. The van der Waals surface area contributed by atoms with E-state index in [2.05, 4.69) is 15.2 Å². The van der Waals surface area contributed by atoms with Crippen molar-refractivity contribution in [3.63, 3.8) is 0 Å². The molecule has 70 valence electrons. The van der Waals surface area contributed by atoms with Crippen LogP contribution < -0.4 is 0 Å². The molecular formula is C10H9N3O. The van der Waals surface area contributed by atoms with Gasteiger partial charge in [-0.3, -0.25) is 14.9 Å². The molecule has 4 nitrogen and oxygen atoms in total. The van der Waals surface area contributed by atoms with Crippen molar-refractivity contribution in [1.82, 2.24) is 15.2 Å². The van der Waals surface area contributed by atoms with Crippen molar-refractivity contribution in [3.05, 3.63) is 35.8 Å². The lowest BCUT2D eigenvalue weighted by Gasteiger charge is -2.01. The minimum atomic E-state index is 0.557. The van der Waals surface area contributed by atoms with Crippen molar-refractivity contribution >= 4 is 6.29 Å². The number of nitrogens with zero attached hydrogens (tertiary/aromatic N) is 2. The maximum absolute atomic E-state index is 10.7. The van der Waals surface area contributed by atoms with E-state index in [1.54, 1.807) is 12.4 Å². The minimum absolute atomic E-state index is 0.557. The Labute approximate surface area is 81.0 Å². The molecule has 4 heteroatoms. The molecule has 0 aliphatic carbocycles. The van der Waals surface area contributed by atoms with Gasteiger partial charge in [-0.2, -0.15) is 5.10 Å². The summed E-state index contributed by atoms with van der Waals surface area (Å²) in [7, 11) is 0. The Morgan fingerprint density at radius 2 is 2.29 bits per heavy atom. The van der Waals surface area contributed by atoms with Crippen LogP contribution in [0.15, 0.2) is 24.7 Å². The van der Waals surface area contributed by atoms with Gasteiger partial charge in [-0.25, -0.2) is 0 Å². The lowest BCUT2D eigenvalue weighted by Crippen LogP contribution is -1.88. The third-order valence-corrected chi connectivity index (χ3v) is 2.10. The molecule has 2 heterocycles. The number of rotatable bonds is 2. The van der Waals surface area contributed by atoms with E-state index in [9.17, 15) is 4.79 Å². The van der Waals surface area contributed by atoms with Crippen molar-refractivity contribution in [3.8, 4) is 11.3 Å². The molecule has 0 spiro atoms. The van der Waals surface area contributed by atoms with Gasteiger partial charge < -0.3 is 0 Å². The van der Waals surface area contributed by atoms with Crippen LogP contribution in [0.3, 0.4) is 0 Å². The Kier molecular flexibility index (Phi) is 2.10. The monoisotopic (exact) mass is 187 g/mol. The van der Waals surface area contributed by atoms with Crippen molar-refractivity contribution in [2.75, 3.05) is 0 Å². The predicted molar refractivity (Wildman–Crippen MR) is 51.9 cm³/mol. The molecule has 0 saturated carbocycles. The summed E-state index contributed by atoms with van der Waals surface area (Å²) in [6, 6.07) is 1.89. The molecule has 0 aromatic carbocycles. The first-order valence-corrected chi connectivity index (χ1v) is 4.22. The first-order valence-electron chi connectivity index (χ1n) is 4.22. The predicted octanol–water partition coefficient (Wildman–Crippen LogP) is 1.59. The van der Waals surface area contributed by atoms with Crippen molar-refractivity contribution in [2.24, 2.45) is 0 Å². The number of aryl methyl sites for hydroxylation is 1. The van der Waals surface area contributed by atoms with Gasteiger partial charge in [0, 0.05) is 18.0 Å². The zero-order valence-electron chi connectivity index (χ0n) is 7.69. The van der Waals surface area contributed by atoms with Gasteiger partial charge in [0.1, 0.15) is 0 Å². The Morgan fingerprint density at radius 3 is 3.00 bits per heavy atom. The number of aromatic nitrogens is 3. The number of carbonyl (C=O) groups is 1. The van der Waals surface area contributed by atoms with Crippen LogP contribution >= 0.6 is 0 Å². The van der Waals surface area contributed by atoms with Crippen LogP contribution in [0.1, 0.15) is 15.9 Å². The molecule has 14 heavy (non-hydrogen) atoms. The maximum Gasteiger partial charge on any atom is 0.153 e. The van der Waals surface area contributed by atoms with Crippen LogP contribution in [0.4, 0.5) is 0 Å². The molecular weight excluding hydrogens is 178 g/mol. The van der Waals surface area contributed by atoms with Gasteiger partial charge >= 0.3 is 0 Å². The molecule has 2 aromatic rings. The fraction of sp³-hybridized carbons (Fsp3) is 0.100. The molecule has 0 saturated heterocycles. The molecule has 1 N–H and O–H groups in total. The molecule has 0 atom stereocenters. The summed E-state index contributed by atoms with van der Waals surface area (Å²) in [6.07, 6.45) is 5.73. The largest absolute Gasteiger partial charge is 0.298 e. The highest BCUT2D eigenvalue weighted by Crippen LogP contribution is 2.21. The average molecular weight is 187 g/mol. The number of aromatic amines is 1. The topological polar surface area (TPSA) is 58.6 Å². The van der Waals surface area contributed by atoms with Crippen molar-refractivity contribution in [1.29, 1.82) is 0 Å². The second-order valence-electron chi connectivity index (χ2n) is 3.01. The highest BCUT2D eigenvalue weighted by molar-refractivity contribution is 5.85. The summed E-state index contributed by atoms with van der Waals surface area (Å²) in [5.74, 6) is 0. The highest BCUT2D eigenvalue weighted by Gasteiger charge is 2.08. The molecule has 0 unspecified atom stereocenters. The third kappa shape index (κ3) is 1.31. The van der Waals surface area contributed by atoms with E-state index in [0.29, 0.717) is 5.56 Å². The van der Waals surface area contributed by atoms with Crippen molar-refractivity contribution < 1.29 is 4.79 Å². The van der Waals surface area contributed by atoms with Crippen LogP contribution in [0.5, 0.6) is 0 Å². The number of aldehydes is 1. The first kappa shape index (κ1) is 8.62. The van der Waals surface area contributed by atoms with E-state index in [-0.39, 0.29) is 0 Å². The van der Waals surface area contributed by atoms with Gasteiger partial charge in [0.25, 0.3) is 0 Å². The molecule has 2 rings (SSSR count). The lowest BCUT2D eigenvalue weighted by molar-refractivity contribution is 0.112. The Morgan fingerprint density at radius 1 is 1.43 bits per heavy atom. The van der Waals surface area contributed by atoms with Gasteiger partial charge in [-0.05, 0) is 18.6 Å². The maximum atomic E-state index is 10.7. The van der Waals surface area contributed by atoms with Crippen LogP contribution in [-0.2, 0) is 0 Å². The highest BCUT2D eigenvalue weighted by atomic mass is 16.1. The number of carbonyl (C=O) groups excluding carboxylic acids is 1. The SMILES string of the molecule is Cc1ccncc1-c1[nH]ncc1C=O. The summed E-state index contributed by atoms with van der Waals surface area (Å²) >= 11 is 0. The summed E-state index contributed by atoms with van der Waals surface area (Å²) in [5, 5.41) is 6.62. The molecule has 2 aromatic heterocycles. The number of hydrogen-bond acceptors (Lipinski definition) is 3. The quantitative estimate of drug-likeness (QED) is 0.726. The summed E-state index contributed by atoms with van der Waals surface area (Å²) in [5.41, 5.74) is 3.26. The number of nitrogens with one attached hydrogen (secondary N) is 1. The Bertz CT molecular complexity index is 462. The number of hydrogen-bond donors (Lipinski definition) is 1. The van der Waals surface area contributed by atoms with E-state index in [1.807, 2.05) is 13.0 Å². The van der Waals surface area contributed by atoms with Gasteiger partial charge in [0.05, 0.1) is 17.5 Å². The molecule has 0 radical (unpaired) electrons. The molecule has 0 aliphatic rings. The van der Waals surface area contributed by atoms with Gasteiger partial charge in [-0.1, -0.05) is 0 Å². The van der Waals surface area contributed by atoms with E-state index in [1.165, 1.54) is 6.20 Å². The summed E-state index contributed by atoms with van der Waals surface area (Å²) in [6.45, 7) is 1.96. The summed E-state index contributed by atoms with van der Waals surface area (Å²) in [4.78, 5) is 14.7. The second-order valence-corrected chi connectivity index (χ2v) is 3.01. The van der Waals surface area contributed by atoms with E-state index in [4.69, 9.17) is 0 Å². The van der Waals surface area contributed by atoms with Gasteiger partial charge in [-0.15, -0.1) is 0 Å². The lowest BCUT2D eigenvalue weighted by atomic mass is 10.1. The molecule has 0 bridgehead atoms. The van der Waals surface area contributed by atoms with E-state index in [0.717, 1.165) is 23.1 Å². The Balaban J connectivity index is 2.60. The fourth-order valence-corrected chi connectivity index (χ4v) is 1.33.